The highest BCUT2D eigenvalue weighted by Gasteiger charge is 2.15. The maximum absolute atomic E-state index is 11.2. The fourth-order valence-corrected chi connectivity index (χ4v) is 3.28. The Morgan fingerprint density at radius 2 is 1.63 bits per heavy atom. The SMILES string of the molecule is CC(C)(C)c1ccc(-c2nc(Nc3cccc(C(=O)[O-])c3)c3ccccc3n2)cc1. The number of carbonyl (C=O) groups is 1. The second kappa shape index (κ2) is 7.59. The van der Waals surface area contributed by atoms with E-state index in [1.807, 2.05) is 36.4 Å². The van der Waals surface area contributed by atoms with Crippen molar-refractivity contribution in [3.63, 3.8) is 0 Å². The monoisotopic (exact) mass is 396 g/mol. The van der Waals surface area contributed by atoms with E-state index >= 15 is 0 Å². The molecule has 5 nitrogen and oxygen atoms in total. The summed E-state index contributed by atoms with van der Waals surface area (Å²) in [7, 11) is 0. The first-order valence-electron chi connectivity index (χ1n) is 9.77. The quantitative estimate of drug-likeness (QED) is 0.541. The van der Waals surface area contributed by atoms with Gasteiger partial charge in [-0.15, -0.1) is 0 Å². The van der Waals surface area contributed by atoms with Gasteiger partial charge in [0, 0.05) is 16.6 Å². The van der Waals surface area contributed by atoms with Crippen LogP contribution in [-0.4, -0.2) is 15.9 Å². The number of hydrogen-bond acceptors (Lipinski definition) is 5. The summed E-state index contributed by atoms with van der Waals surface area (Å²) in [5.41, 5.74) is 3.76. The van der Waals surface area contributed by atoms with Crippen LogP contribution < -0.4 is 10.4 Å². The number of hydrogen-bond donors (Lipinski definition) is 1. The van der Waals surface area contributed by atoms with Crippen LogP contribution in [0.2, 0.25) is 0 Å². The van der Waals surface area contributed by atoms with Gasteiger partial charge in [0.2, 0.25) is 0 Å². The molecule has 0 amide bonds. The van der Waals surface area contributed by atoms with Gasteiger partial charge in [0.25, 0.3) is 0 Å². The highest BCUT2D eigenvalue weighted by atomic mass is 16.4. The molecule has 0 aliphatic rings. The molecular formula is C25H22N3O2-. The Kier molecular flexibility index (Phi) is 4.96. The van der Waals surface area contributed by atoms with Crippen molar-refractivity contribution in [1.82, 2.24) is 9.97 Å². The van der Waals surface area contributed by atoms with Gasteiger partial charge in [0.05, 0.1) is 11.5 Å². The third kappa shape index (κ3) is 4.01. The number of aromatic carboxylic acids is 1. The molecule has 150 valence electrons. The minimum atomic E-state index is -1.22. The number of carboxylic acid groups (broad SMARTS) is 1. The van der Waals surface area contributed by atoms with Crippen molar-refractivity contribution in [2.24, 2.45) is 0 Å². The lowest BCUT2D eigenvalue weighted by molar-refractivity contribution is -0.255. The molecule has 1 heterocycles. The van der Waals surface area contributed by atoms with E-state index in [0.717, 1.165) is 16.5 Å². The Morgan fingerprint density at radius 3 is 2.33 bits per heavy atom. The van der Waals surface area contributed by atoms with Crippen LogP contribution in [0.3, 0.4) is 0 Å². The average Bonchev–Trinajstić information content (AvgIpc) is 2.73. The Morgan fingerprint density at radius 1 is 0.900 bits per heavy atom. The lowest BCUT2D eigenvalue weighted by Crippen LogP contribution is -2.22. The molecule has 3 aromatic carbocycles. The van der Waals surface area contributed by atoms with Crippen LogP contribution in [0.4, 0.5) is 11.5 Å². The van der Waals surface area contributed by atoms with Gasteiger partial charge in [-0.25, -0.2) is 9.97 Å². The number of nitrogens with one attached hydrogen (secondary N) is 1. The van der Waals surface area contributed by atoms with E-state index in [9.17, 15) is 9.90 Å². The zero-order valence-electron chi connectivity index (χ0n) is 17.1. The minimum Gasteiger partial charge on any atom is -0.545 e. The summed E-state index contributed by atoms with van der Waals surface area (Å²) >= 11 is 0. The molecule has 4 aromatic rings. The Labute approximate surface area is 175 Å². The highest BCUT2D eigenvalue weighted by Crippen LogP contribution is 2.29. The van der Waals surface area contributed by atoms with Crippen molar-refractivity contribution in [2.45, 2.75) is 26.2 Å². The van der Waals surface area contributed by atoms with Crippen molar-refractivity contribution in [3.05, 3.63) is 83.9 Å². The molecular weight excluding hydrogens is 374 g/mol. The van der Waals surface area contributed by atoms with Gasteiger partial charge >= 0.3 is 0 Å². The second-order valence-corrected chi connectivity index (χ2v) is 8.23. The topological polar surface area (TPSA) is 77.9 Å². The molecule has 5 heteroatoms. The molecule has 0 spiro atoms. The molecule has 1 N–H and O–H groups in total. The maximum Gasteiger partial charge on any atom is 0.162 e. The standard InChI is InChI=1S/C25H23N3O2/c1-25(2,3)18-13-11-16(12-14-18)22-27-21-10-5-4-9-20(21)23(28-22)26-19-8-6-7-17(15-19)24(29)30/h4-15H,1-3H3,(H,29,30)(H,26,27,28)/p-1. The average molecular weight is 396 g/mol. The number of benzene rings is 3. The normalized spacial score (nSPS) is 11.4. The molecule has 0 radical (unpaired) electrons. The molecule has 4 rings (SSSR count). The summed E-state index contributed by atoms with van der Waals surface area (Å²) in [4.78, 5) is 20.7. The molecule has 0 unspecified atom stereocenters. The van der Waals surface area contributed by atoms with Crippen molar-refractivity contribution in [2.75, 3.05) is 5.32 Å². The summed E-state index contributed by atoms with van der Waals surface area (Å²) in [6, 6.07) is 22.5. The van der Waals surface area contributed by atoms with Gasteiger partial charge in [-0.05, 0) is 40.8 Å². The van der Waals surface area contributed by atoms with Gasteiger partial charge in [-0.3, -0.25) is 0 Å². The molecule has 0 bridgehead atoms. The molecule has 0 aliphatic carbocycles. The Hall–Kier alpha value is -3.73. The van der Waals surface area contributed by atoms with Crippen molar-refractivity contribution in [1.29, 1.82) is 0 Å². The lowest BCUT2D eigenvalue weighted by Gasteiger charge is -2.19. The molecule has 0 fully saturated rings. The predicted octanol–water partition coefficient (Wildman–Crippen LogP) is 4.70. The number of nitrogens with zero attached hydrogens (tertiary/aromatic N) is 2. The highest BCUT2D eigenvalue weighted by molar-refractivity contribution is 5.93. The van der Waals surface area contributed by atoms with Crippen molar-refractivity contribution < 1.29 is 9.90 Å². The molecule has 1 aromatic heterocycles. The molecule has 0 aliphatic heterocycles. The number of carbonyl (C=O) groups excluding carboxylic acids is 1. The largest absolute Gasteiger partial charge is 0.545 e. The van der Waals surface area contributed by atoms with E-state index in [1.54, 1.807) is 12.1 Å². The lowest BCUT2D eigenvalue weighted by atomic mass is 9.87. The predicted molar refractivity (Wildman–Crippen MR) is 118 cm³/mol. The summed E-state index contributed by atoms with van der Waals surface area (Å²) < 4.78 is 0. The summed E-state index contributed by atoms with van der Waals surface area (Å²) in [6.07, 6.45) is 0. The van der Waals surface area contributed by atoms with E-state index < -0.39 is 5.97 Å². The van der Waals surface area contributed by atoms with Gasteiger partial charge in [0.15, 0.2) is 5.82 Å². The Balaban J connectivity index is 1.78. The number of rotatable bonds is 4. The van der Waals surface area contributed by atoms with E-state index in [-0.39, 0.29) is 11.0 Å². The second-order valence-electron chi connectivity index (χ2n) is 8.23. The fraction of sp³-hybridized carbons (Fsp3) is 0.160. The van der Waals surface area contributed by atoms with Crippen LogP contribution in [0.5, 0.6) is 0 Å². The number of aromatic nitrogens is 2. The van der Waals surface area contributed by atoms with E-state index in [4.69, 9.17) is 9.97 Å². The van der Waals surface area contributed by atoms with Crippen LogP contribution >= 0.6 is 0 Å². The number of para-hydroxylation sites is 1. The minimum absolute atomic E-state index is 0.0690. The van der Waals surface area contributed by atoms with Crippen LogP contribution in [0.25, 0.3) is 22.3 Å². The number of carboxylic acids is 1. The van der Waals surface area contributed by atoms with E-state index in [1.165, 1.54) is 17.7 Å². The maximum atomic E-state index is 11.2. The zero-order chi connectivity index (χ0) is 21.3. The first-order chi connectivity index (χ1) is 14.3. The van der Waals surface area contributed by atoms with Gasteiger partial charge in [-0.2, -0.15) is 0 Å². The van der Waals surface area contributed by atoms with Crippen molar-refractivity contribution >= 4 is 28.4 Å². The van der Waals surface area contributed by atoms with Gasteiger partial charge < -0.3 is 15.2 Å². The molecule has 0 saturated heterocycles. The van der Waals surface area contributed by atoms with E-state index in [0.29, 0.717) is 17.3 Å². The summed E-state index contributed by atoms with van der Waals surface area (Å²) in [5, 5.41) is 15.3. The third-order valence-electron chi connectivity index (χ3n) is 4.97. The molecule has 30 heavy (non-hydrogen) atoms. The van der Waals surface area contributed by atoms with Crippen molar-refractivity contribution in [3.8, 4) is 11.4 Å². The smallest absolute Gasteiger partial charge is 0.162 e. The van der Waals surface area contributed by atoms with Gasteiger partial charge in [0.1, 0.15) is 5.82 Å². The molecule has 0 atom stereocenters. The third-order valence-corrected chi connectivity index (χ3v) is 4.97. The van der Waals surface area contributed by atoms with Crippen LogP contribution in [0, 0.1) is 0 Å². The Bertz CT molecular complexity index is 1230. The summed E-state index contributed by atoms with van der Waals surface area (Å²) in [5.74, 6) is 0.00420. The van der Waals surface area contributed by atoms with Gasteiger partial charge in [-0.1, -0.05) is 69.3 Å². The first kappa shape index (κ1) is 19.6. The fourth-order valence-electron chi connectivity index (χ4n) is 3.28. The number of fused-ring (bicyclic) bond motifs is 1. The summed E-state index contributed by atoms with van der Waals surface area (Å²) in [6.45, 7) is 6.53. The van der Waals surface area contributed by atoms with Crippen LogP contribution in [0.1, 0.15) is 36.7 Å². The molecule has 0 saturated carbocycles. The van der Waals surface area contributed by atoms with Crippen LogP contribution in [-0.2, 0) is 5.41 Å². The van der Waals surface area contributed by atoms with E-state index in [2.05, 4.69) is 38.2 Å². The van der Waals surface area contributed by atoms with Crippen LogP contribution in [0.15, 0.2) is 72.8 Å². The number of anilines is 2. The first-order valence-corrected chi connectivity index (χ1v) is 9.77. The zero-order valence-corrected chi connectivity index (χ0v) is 17.1.